The molecule has 124 heavy (non-hydrogen) atoms. The summed E-state index contributed by atoms with van der Waals surface area (Å²) in [6.45, 7) is 30.1. The first-order chi connectivity index (χ1) is 58.3. The molecule has 26 atom stereocenters. The van der Waals surface area contributed by atoms with E-state index in [1.165, 1.54) is 6.92 Å². The molecule has 0 aromatic rings. The summed E-state index contributed by atoms with van der Waals surface area (Å²) in [6, 6.07) is 0. The quantitative estimate of drug-likeness (QED) is 0.102. The van der Waals surface area contributed by atoms with Gasteiger partial charge in [-0.2, -0.15) is 0 Å². The molecule has 1 N–H and O–H groups in total. The zero-order chi connectivity index (χ0) is 87.5. The molecule has 11 saturated heterocycles. The molecule has 27 rings (SSSR count). The van der Waals surface area contributed by atoms with E-state index in [4.69, 9.17) is 104 Å². The van der Waals surface area contributed by atoms with Crippen molar-refractivity contribution in [3.05, 3.63) is 0 Å². The molecule has 688 valence electrons. The topological polar surface area (TPSA) is 377 Å². The van der Waals surface area contributed by atoms with Gasteiger partial charge in [-0.1, -0.05) is 0 Å². The highest BCUT2D eigenvalue weighted by Gasteiger charge is 2.78. The molecule has 11 heterocycles. The maximum Gasteiger partial charge on any atom is 0.350 e. The van der Waals surface area contributed by atoms with Gasteiger partial charge in [-0.15, -0.1) is 0 Å². The molecule has 32 heteroatoms. The van der Waals surface area contributed by atoms with Crippen molar-refractivity contribution >= 4 is 53.7 Å². The van der Waals surface area contributed by atoms with Gasteiger partial charge in [0.1, 0.15) is 31.0 Å². The number of esters is 9. The van der Waals surface area contributed by atoms with Crippen LogP contribution in [0.4, 0.5) is 0 Å². The fourth-order valence-electron chi connectivity index (χ4n) is 28.4. The van der Waals surface area contributed by atoms with Gasteiger partial charge in [-0.05, 0) is 249 Å². The Hall–Kier alpha value is -5.33. The summed E-state index contributed by atoms with van der Waals surface area (Å²) in [5.41, 5.74) is -2.00. The molecular formula is C92H128O32. The lowest BCUT2D eigenvalue weighted by Crippen LogP contribution is -2.63. The van der Waals surface area contributed by atoms with Crippen LogP contribution in [0.2, 0.25) is 0 Å². The minimum atomic E-state index is -1.27. The second kappa shape index (κ2) is 29.8. The molecule has 11 aliphatic heterocycles. The molecule has 0 amide bonds. The minimum absolute atomic E-state index is 0.00745. The Morgan fingerprint density at radius 2 is 0.694 bits per heavy atom. The van der Waals surface area contributed by atoms with Crippen LogP contribution in [0, 0.1) is 114 Å². The molecule has 16 aliphatic carbocycles. The van der Waals surface area contributed by atoms with E-state index in [0.717, 1.165) is 128 Å². The highest BCUT2D eigenvalue weighted by molar-refractivity contribution is 5.82. The third kappa shape index (κ3) is 14.3. The van der Waals surface area contributed by atoms with Crippen molar-refractivity contribution in [2.24, 2.45) is 114 Å². The zero-order valence-electron chi connectivity index (χ0n) is 74.3. The van der Waals surface area contributed by atoms with Gasteiger partial charge in [0, 0.05) is 82.5 Å². The molecule has 4 spiro atoms. The number of aliphatic hydroxyl groups excluding tert-OH is 1. The second-order valence-electron chi connectivity index (χ2n) is 46.2. The summed E-state index contributed by atoms with van der Waals surface area (Å²) >= 11 is 0. The molecular weight excluding hydrogens is 1620 g/mol. The van der Waals surface area contributed by atoms with Crippen LogP contribution >= 0.6 is 0 Å². The Balaban J connectivity index is 0.000000105. The average molecular weight is 1750 g/mol. The Morgan fingerprint density at radius 3 is 1.02 bits per heavy atom. The van der Waals surface area contributed by atoms with Crippen molar-refractivity contribution in [2.45, 2.75) is 366 Å². The summed E-state index contributed by atoms with van der Waals surface area (Å²) in [4.78, 5) is 109. The Bertz CT molecular complexity index is 4200. The van der Waals surface area contributed by atoms with Gasteiger partial charge in [0.25, 0.3) is 0 Å². The average Bonchev–Trinajstić information content (AvgIpc) is 1.50. The molecule has 27 aliphatic rings. The first-order valence-corrected chi connectivity index (χ1v) is 46.3. The fourth-order valence-corrected chi connectivity index (χ4v) is 28.4. The van der Waals surface area contributed by atoms with Gasteiger partial charge in [0.2, 0.25) is 6.10 Å². The van der Waals surface area contributed by atoms with Crippen LogP contribution in [0.3, 0.4) is 0 Å². The smallest absolute Gasteiger partial charge is 0.350 e. The number of hydrogen-bond acceptors (Lipinski definition) is 32. The van der Waals surface area contributed by atoms with Crippen molar-refractivity contribution in [3.8, 4) is 0 Å². The van der Waals surface area contributed by atoms with Gasteiger partial charge < -0.3 is 109 Å². The molecule has 0 radical (unpaired) electrons. The maximum absolute atomic E-state index is 12.5. The van der Waals surface area contributed by atoms with Crippen molar-refractivity contribution in [3.63, 3.8) is 0 Å². The lowest BCUT2D eigenvalue weighted by Gasteiger charge is -2.62. The van der Waals surface area contributed by atoms with Crippen LogP contribution in [-0.4, -0.2) is 232 Å². The molecule has 16 bridgehead atoms. The molecule has 16 saturated carbocycles. The van der Waals surface area contributed by atoms with E-state index in [-0.39, 0.29) is 105 Å². The highest BCUT2D eigenvalue weighted by Crippen LogP contribution is 2.73. The zero-order valence-corrected chi connectivity index (χ0v) is 74.3. The third-order valence-electron chi connectivity index (χ3n) is 32.8. The van der Waals surface area contributed by atoms with Crippen molar-refractivity contribution in [2.75, 3.05) is 39.6 Å². The number of carbonyl (C=O) groups excluding carboxylic acids is 9. The number of hydrogen-bond donors (Lipinski definition) is 1. The molecule has 0 aromatic carbocycles. The number of aliphatic hydroxyl groups is 1. The van der Waals surface area contributed by atoms with Gasteiger partial charge >= 0.3 is 53.7 Å². The van der Waals surface area contributed by atoms with Gasteiger partial charge in [-0.25, -0.2) is 19.2 Å². The van der Waals surface area contributed by atoms with E-state index in [2.05, 4.69) is 0 Å². The SMILES string of the molecule is CC(=O)OC1C(=O)OC2C3OC4(OC3OC12)C1CC2CC4CC(COC(=O)C(C)(C)C)(C2)C1.CC(C)(C)C(=O)OCC12CC3CC(C1)C1(OC4COC(=O)C4O1)C(C3)C2.CC(C)(C)C(=O)OCC12CC3CC(C1)C1(OC4OC5C(O)C(=O)OC5C4O1)C(C3)C2.CCOC(C)OC1C(=O)OC2C3OC4(OC3OC12)C1CC2CC4CC(COC(=O)C(C)(C)C)(C2)C1. The predicted octanol–water partition coefficient (Wildman–Crippen LogP) is 8.99. The standard InChI is InChI=1S/C26H38O9.C24H32O9.C22H30O8.C20H28O6/c1-6-29-13(2)31-19-17-18(32-21(19)27)20-22(33-17)35-26(34-20)15-7-14-8-16(26)11-25(9-14,10-15)12-30-23(28)24(3,4)5;1-11(25)29-17-15-16(30-19(17)26)18-20(31-15)33-24(32-18)13-5-12-6-14(24)9-23(7-12,8-13)10-28-21(27)22(2,3)4;1-20(2,3)19(25)26-9-21-6-10-4-11(7-21)22(12(5-10)8-21)29-16-15-14(28-18(16)30-22)13(23)17(24)27-15;1-18(2,3)17(22)24-10-19-6-11-4-12(7-19)20(13(5-11)8-19)25-14-9-23-16(21)15(14)26-20/h13-20,22H,6-12H2,1-5H3;12-18,20H,5-10H2,1-4H3;10-16,18,23H,4-9H2,1-3H3;11-15H,4-10H2,1-3H3. The van der Waals surface area contributed by atoms with E-state index >= 15 is 0 Å². The monoisotopic (exact) mass is 1740 g/mol. The van der Waals surface area contributed by atoms with Gasteiger partial charge in [-0.3, -0.25) is 24.0 Å². The lowest BCUT2D eigenvalue weighted by atomic mass is 9.47. The Morgan fingerprint density at radius 1 is 0.387 bits per heavy atom. The van der Waals surface area contributed by atoms with E-state index in [0.29, 0.717) is 63.3 Å². The first-order valence-electron chi connectivity index (χ1n) is 46.3. The Kier molecular flexibility index (Phi) is 20.9. The van der Waals surface area contributed by atoms with Crippen LogP contribution in [0.25, 0.3) is 0 Å². The molecule has 27 fully saturated rings. The van der Waals surface area contributed by atoms with Crippen molar-refractivity contribution in [1.29, 1.82) is 0 Å². The fraction of sp³-hybridized carbons (Fsp3) is 0.902. The van der Waals surface area contributed by atoms with Crippen LogP contribution in [0.5, 0.6) is 0 Å². The van der Waals surface area contributed by atoms with Crippen LogP contribution in [0.15, 0.2) is 0 Å². The summed E-state index contributed by atoms with van der Waals surface area (Å²) in [5, 5.41) is 9.97. The third-order valence-corrected chi connectivity index (χ3v) is 32.8. The molecule has 0 aromatic heterocycles. The van der Waals surface area contributed by atoms with Crippen LogP contribution in [0.1, 0.15) is 232 Å². The van der Waals surface area contributed by atoms with E-state index in [9.17, 15) is 48.3 Å². The maximum atomic E-state index is 12.5. The number of carbonyl (C=O) groups is 9. The number of rotatable bonds is 13. The van der Waals surface area contributed by atoms with Gasteiger partial charge in [0.05, 0.1) is 48.1 Å². The number of fused-ring (bicyclic) bond motifs is 10. The molecule has 32 nitrogen and oxygen atoms in total. The minimum Gasteiger partial charge on any atom is -0.465 e. The van der Waals surface area contributed by atoms with Crippen LogP contribution < -0.4 is 0 Å². The molecule has 26 unspecified atom stereocenters. The first kappa shape index (κ1) is 86.7. The van der Waals surface area contributed by atoms with E-state index < -0.39 is 173 Å². The van der Waals surface area contributed by atoms with E-state index in [1.54, 1.807) is 6.92 Å². The second-order valence-corrected chi connectivity index (χ2v) is 46.2. The summed E-state index contributed by atoms with van der Waals surface area (Å²) in [5.74, 6) is -1.87. The summed E-state index contributed by atoms with van der Waals surface area (Å²) < 4.78 is 131. The Labute approximate surface area is 723 Å². The highest BCUT2D eigenvalue weighted by atomic mass is 16.9. The van der Waals surface area contributed by atoms with Gasteiger partial charge in [0.15, 0.2) is 103 Å². The normalized spacial score (nSPS) is 49.8. The van der Waals surface area contributed by atoms with Crippen molar-refractivity contribution < 1.29 is 152 Å². The van der Waals surface area contributed by atoms with Crippen LogP contribution in [-0.2, 0) is 147 Å². The lowest BCUT2D eigenvalue weighted by molar-refractivity contribution is -0.338. The summed E-state index contributed by atoms with van der Waals surface area (Å²) in [6.07, 6.45) is 8.23. The van der Waals surface area contributed by atoms with Crippen molar-refractivity contribution in [1.82, 2.24) is 0 Å². The number of ether oxygens (including phenoxy) is 22. The summed E-state index contributed by atoms with van der Waals surface area (Å²) in [7, 11) is 0. The predicted molar refractivity (Wildman–Crippen MR) is 418 cm³/mol. The van der Waals surface area contributed by atoms with E-state index in [1.807, 2.05) is 90.0 Å². The number of cyclic esters (lactones) is 1. The largest absolute Gasteiger partial charge is 0.465 e.